The number of hydrogen-bond acceptors (Lipinski definition) is 2. The molecule has 3 heterocycles. The molecular weight excluding hydrogens is 681 g/mol. The second-order valence-corrected chi connectivity index (χ2v) is 14.2. The van der Waals surface area contributed by atoms with Crippen LogP contribution in [0.3, 0.4) is 0 Å². The fraction of sp³-hybridized carbons (Fsp3) is 0. The molecule has 11 aromatic rings. The zero-order valence-electron chi connectivity index (χ0n) is 30.4. The van der Waals surface area contributed by atoms with Gasteiger partial charge in [-0.2, -0.15) is 0 Å². The van der Waals surface area contributed by atoms with Crippen molar-refractivity contribution in [3.8, 4) is 56.3 Å². The Morgan fingerprint density at radius 1 is 0.304 bits per heavy atom. The first-order valence-electron chi connectivity index (χ1n) is 19.0. The first-order chi connectivity index (χ1) is 27.8. The maximum atomic E-state index is 5.32. The predicted octanol–water partition coefficient (Wildman–Crippen LogP) is 13.3. The Balaban J connectivity index is 1.10. The lowest BCUT2D eigenvalue weighted by molar-refractivity contribution is 1.11. The van der Waals surface area contributed by atoms with Crippen molar-refractivity contribution in [3.05, 3.63) is 206 Å². The first-order valence-corrected chi connectivity index (χ1v) is 19.0. The van der Waals surface area contributed by atoms with Crippen LogP contribution in [0.25, 0.3) is 100 Å². The molecule has 0 aliphatic carbocycles. The van der Waals surface area contributed by atoms with Gasteiger partial charge in [-0.1, -0.05) is 146 Å². The highest BCUT2D eigenvalue weighted by atomic mass is 15.1. The summed E-state index contributed by atoms with van der Waals surface area (Å²) in [6.07, 6.45) is 0. The predicted molar refractivity (Wildman–Crippen MR) is 232 cm³/mol. The van der Waals surface area contributed by atoms with Crippen molar-refractivity contribution >= 4 is 43.7 Å². The lowest BCUT2D eigenvalue weighted by Crippen LogP contribution is -1.99. The molecular formula is C52H34N4. The number of hydrogen-bond donors (Lipinski definition) is 0. The van der Waals surface area contributed by atoms with E-state index in [2.05, 4.69) is 197 Å². The Morgan fingerprint density at radius 2 is 0.786 bits per heavy atom. The van der Waals surface area contributed by atoms with Crippen LogP contribution < -0.4 is 0 Å². The largest absolute Gasteiger partial charge is 0.309 e. The minimum absolute atomic E-state index is 0.703. The molecule has 0 aliphatic rings. The molecule has 4 heteroatoms. The van der Waals surface area contributed by atoms with Crippen molar-refractivity contribution in [3.63, 3.8) is 0 Å². The molecule has 4 nitrogen and oxygen atoms in total. The standard InChI is InChI=1S/C52H34N4/c1-5-16-35(17-6-1)50-49-45-34-40(29-31-48(45)56(42-24-11-4-12-25-42)52(49)54-51(53-50)36-18-7-2-8-19-36)38-21-15-20-37(32-38)39-28-30-47-44(33-39)43-26-13-14-27-46(43)55(47)41-22-9-3-10-23-41/h1-34H. The smallest absolute Gasteiger partial charge is 0.162 e. The fourth-order valence-corrected chi connectivity index (χ4v) is 8.33. The number of aromatic nitrogens is 4. The normalized spacial score (nSPS) is 11.6. The van der Waals surface area contributed by atoms with E-state index >= 15 is 0 Å². The molecule has 0 fully saturated rings. The average Bonchev–Trinajstić information content (AvgIpc) is 3.79. The van der Waals surface area contributed by atoms with Gasteiger partial charge in [-0.3, -0.25) is 4.57 Å². The molecule has 0 saturated carbocycles. The molecule has 3 aromatic heterocycles. The highest BCUT2D eigenvalue weighted by molar-refractivity contribution is 6.15. The van der Waals surface area contributed by atoms with E-state index in [9.17, 15) is 0 Å². The van der Waals surface area contributed by atoms with Gasteiger partial charge in [0, 0.05) is 38.7 Å². The first kappa shape index (κ1) is 31.9. The van der Waals surface area contributed by atoms with Crippen molar-refractivity contribution in [2.75, 3.05) is 0 Å². The lowest BCUT2D eigenvalue weighted by Gasteiger charge is -2.10. The van der Waals surface area contributed by atoms with Crippen molar-refractivity contribution < 1.29 is 0 Å². The molecule has 11 rings (SSSR count). The van der Waals surface area contributed by atoms with E-state index < -0.39 is 0 Å². The summed E-state index contributed by atoms with van der Waals surface area (Å²) in [5.74, 6) is 0.703. The van der Waals surface area contributed by atoms with Crippen LogP contribution in [0.2, 0.25) is 0 Å². The Labute approximate surface area is 324 Å². The molecule has 0 radical (unpaired) electrons. The topological polar surface area (TPSA) is 35.6 Å². The van der Waals surface area contributed by atoms with Crippen LogP contribution >= 0.6 is 0 Å². The summed E-state index contributed by atoms with van der Waals surface area (Å²) in [6, 6.07) is 73.2. The molecule has 0 bridgehead atoms. The summed E-state index contributed by atoms with van der Waals surface area (Å²) in [7, 11) is 0. The third-order valence-electron chi connectivity index (χ3n) is 10.9. The van der Waals surface area contributed by atoms with Gasteiger partial charge in [-0.25, -0.2) is 9.97 Å². The monoisotopic (exact) mass is 714 g/mol. The Hall–Kier alpha value is -7.56. The number of fused-ring (bicyclic) bond motifs is 6. The number of rotatable bonds is 6. The van der Waals surface area contributed by atoms with Crippen molar-refractivity contribution in [1.82, 2.24) is 19.1 Å². The van der Waals surface area contributed by atoms with Crippen LogP contribution in [0.5, 0.6) is 0 Å². The molecule has 56 heavy (non-hydrogen) atoms. The fourth-order valence-electron chi connectivity index (χ4n) is 8.33. The van der Waals surface area contributed by atoms with Gasteiger partial charge in [0.25, 0.3) is 0 Å². The van der Waals surface area contributed by atoms with Crippen molar-refractivity contribution in [2.45, 2.75) is 0 Å². The van der Waals surface area contributed by atoms with Crippen LogP contribution in [0.15, 0.2) is 206 Å². The molecule has 0 amide bonds. The van der Waals surface area contributed by atoms with Crippen LogP contribution in [0.1, 0.15) is 0 Å². The van der Waals surface area contributed by atoms with Gasteiger partial charge in [0.1, 0.15) is 5.65 Å². The van der Waals surface area contributed by atoms with Gasteiger partial charge in [-0.15, -0.1) is 0 Å². The minimum Gasteiger partial charge on any atom is -0.309 e. The van der Waals surface area contributed by atoms with Gasteiger partial charge < -0.3 is 4.57 Å². The third-order valence-corrected chi connectivity index (χ3v) is 10.9. The summed E-state index contributed by atoms with van der Waals surface area (Å²) in [5, 5.41) is 4.63. The number of benzene rings is 8. The quantitative estimate of drug-likeness (QED) is 0.172. The molecule has 0 atom stereocenters. The summed E-state index contributed by atoms with van der Waals surface area (Å²) in [4.78, 5) is 10.6. The molecule has 0 N–H and O–H groups in total. The summed E-state index contributed by atoms with van der Waals surface area (Å²) in [5.41, 5.74) is 14.2. The molecule has 0 spiro atoms. The zero-order valence-corrected chi connectivity index (χ0v) is 30.4. The highest BCUT2D eigenvalue weighted by Gasteiger charge is 2.22. The number of para-hydroxylation sites is 3. The molecule has 262 valence electrons. The maximum Gasteiger partial charge on any atom is 0.162 e. The Morgan fingerprint density at radius 3 is 1.45 bits per heavy atom. The van der Waals surface area contributed by atoms with Crippen LogP contribution in [0, 0.1) is 0 Å². The van der Waals surface area contributed by atoms with Crippen LogP contribution in [-0.4, -0.2) is 19.1 Å². The summed E-state index contributed by atoms with van der Waals surface area (Å²) in [6.45, 7) is 0. The molecule has 0 unspecified atom stereocenters. The second kappa shape index (κ2) is 13.1. The average molecular weight is 715 g/mol. The number of nitrogens with zero attached hydrogens (tertiary/aromatic N) is 4. The van der Waals surface area contributed by atoms with E-state index in [4.69, 9.17) is 9.97 Å². The molecule has 0 aliphatic heterocycles. The third kappa shape index (κ3) is 5.23. The van der Waals surface area contributed by atoms with E-state index in [1.165, 1.54) is 32.9 Å². The molecule has 0 saturated heterocycles. The van der Waals surface area contributed by atoms with Crippen molar-refractivity contribution in [1.29, 1.82) is 0 Å². The minimum atomic E-state index is 0.703. The maximum absolute atomic E-state index is 5.32. The van der Waals surface area contributed by atoms with Gasteiger partial charge in [-0.05, 0) is 82.9 Å². The Bertz CT molecular complexity index is 3220. The van der Waals surface area contributed by atoms with E-state index in [-0.39, 0.29) is 0 Å². The SMILES string of the molecule is c1ccc(-c2nc(-c3ccccc3)c3c4cc(-c5cccc(-c6ccc7c(c6)c6ccccc6n7-c6ccccc6)c5)ccc4n(-c4ccccc4)c3n2)cc1. The van der Waals surface area contributed by atoms with Crippen LogP contribution in [-0.2, 0) is 0 Å². The van der Waals surface area contributed by atoms with Gasteiger partial charge in [0.2, 0.25) is 0 Å². The zero-order chi connectivity index (χ0) is 37.0. The van der Waals surface area contributed by atoms with Gasteiger partial charge in [0.05, 0.1) is 27.6 Å². The van der Waals surface area contributed by atoms with E-state index in [0.717, 1.165) is 61.3 Å². The second-order valence-electron chi connectivity index (χ2n) is 14.2. The highest BCUT2D eigenvalue weighted by Crippen LogP contribution is 2.41. The van der Waals surface area contributed by atoms with Gasteiger partial charge in [0.15, 0.2) is 5.82 Å². The summed E-state index contributed by atoms with van der Waals surface area (Å²) < 4.78 is 4.65. The van der Waals surface area contributed by atoms with E-state index in [1.807, 2.05) is 18.2 Å². The molecule has 8 aromatic carbocycles. The van der Waals surface area contributed by atoms with E-state index in [0.29, 0.717) is 5.82 Å². The van der Waals surface area contributed by atoms with Gasteiger partial charge >= 0.3 is 0 Å². The summed E-state index contributed by atoms with van der Waals surface area (Å²) >= 11 is 0. The van der Waals surface area contributed by atoms with Crippen molar-refractivity contribution in [2.24, 2.45) is 0 Å². The lowest BCUT2D eigenvalue weighted by atomic mass is 9.96. The van der Waals surface area contributed by atoms with Crippen LogP contribution in [0.4, 0.5) is 0 Å². The van der Waals surface area contributed by atoms with E-state index in [1.54, 1.807) is 0 Å². The Kier molecular flexibility index (Phi) is 7.46.